The Morgan fingerprint density at radius 3 is 2.70 bits per heavy atom. The van der Waals surface area contributed by atoms with Gasteiger partial charge in [0.25, 0.3) is 5.69 Å². The number of nitrogens with zero attached hydrogens (tertiary/aromatic N) is 1. The maximum absolute atomic E-state index is 13.5. The average molecular weight is 344 g/mol. The first-order chi connectivity index (χ1) is 9.47. The molecule has 0 heterocycles. The number of nitro groups is 1. The Morgan fingerprint density at radius 2 is 2.00 bits per heavy atom. The minimum atomic E-state index is -1.10. The van der Waals surface area contributed by atoms with Crippen LogP contribution in [0, 0.1) is 21.7 Å². The van der Waals surface area contributed by atoms with E-state index in [1.807, 2.05) is 0 Å². The Morgan fingerprint density at radius 1 is 1.25 bits per heavy atom. The average Bonchev–Trinajstić information content (AvgIpc) is 2.41. The van der Waals surface area contributed by atoms with Gasteiger partial charge in [-0.1, -0.05) is 28.1 Å². The number of non-ortho nitro benzene ring substituents is 1. The molecule has 0 unspecified atom stereocenters. The van der Waals surface area contributed by atoms with Crippen molar-refractivity contribution in [3.63, 3.8) is 0 Å². The van der Waals surface area contributed by atoms with Crippen LogP contribution in [0.1, 0.15) is 5.56 Å². The summed E-state index contributed by atoms with van der Waals surface area (Å²) in [7, 11) is 0. The van der Waals surface area contributed by atoms with Crippen molar-refractivity contribution in [2.45, 2.75) is 6.61 Å². The highest BCUT2D eigenvalue weighted by molar-refractivity contribution is 9.10. The van der Waals surface area contributed by atoms with Gasteiger partial charge in [0.05, 0.1) is 4.92 Å². The van der Waals surface area contributed by atoms with E-state index in [4.69, 9.17) is 4.74 Å². The molecule has 2 aromatic rings. The third-order valence-corrected chi connectivity index (χ3v) is 2.93. The highest BCUT2D eigenvalue weighted by Gasteiger charge is 2.12. The highest BCUT2D eigenvalue weighted by Crippen LogP contribution is 2.26. The van der Waals surface area contributed by atoms with Crippen molar-refractivity contribution in [1.82, 2.24) is 0 Å². The molecule has 0 N–H and O–H groups in total. The zero-order valence-corrected chi connectivity index (χ0v) is 11.6. The van der Waals surface area contributed by atoms with Crippen molar-refractivity contribution >= 4 is 21.6 Å². The van der Waals surface area contributed by atoms with Gasteiger partial charge in [0.1, 0.15) is 6.61 Å². The van der Waals surface area contributed by atoms with E-state index in [2.05, 4.69) is 15.9 Å². The zero-order valence-electron chi connectivity index (χ0n) is 9.98. The maximum Gasteiger partial charge on any atom is 0.269 e. The highest BCUT2D eigenvalue weighted by atomic mass is 79.9. The van der Waals surface area contributed by atoms with E-state index in [0.717, 1.165) is 6.07 Å². The number of benzene rings is 2. The van der Waals surface area contributed by atoms with Crippen LogP contribution in [0.15, 0.2) is 40.9 Å². The lowest BCUT2D eigenvalue weighted by Gasteiger charge is -2.08. The summed E-state index contributed by atoms with van der Waals surface area (Å²) >= 11 is 3.03. The summed E-state index contributed by atoms with van der Waals surface area (Å²) in [5.41, 5.74) is 0.394. The van der Waals surface area contributed by atoms with Crippen LogP contribution in [0.3, 0.4) is 0 Å². The summed E-state index contributed by atoms with van der Waals surface area (Å²) in [5.74, 6) is -2.39. The standard InChI is InChI=1S/C13H8BrF2NO3/c14-9-5-11(15)13(16)12(6-9)20-7-8-2-1-3-10(4-8)17(18)19/h1-6H,7H2. The number of ether oxygens (including phenoxy) is 1. The Labute approximate surface area is 121 Å². The van der Waals surface area contributed by atoms with Crippen molar-refractivity contribution in [3.8, 4) is 5.75 Å². The lowest BCUT2D eigenvalue weighted by molar-refractivity contribution is -0.384. The van der Waals surface area contributed by atoms with E-state index in [0.29, 0.717) is 10.0 Å². The fourth-order valence-electron chi connectivity index (χ4n) is 1.56. The predicted molar refractivity (Wildman–Crippen MR) is 71.5 cm³/mol. The molecule has 7 heteroatoms. The van der Waals surface area contributed by atoms with Crippen LogP contribution in [0.2, 0.25) is 0 Å². The van der Waals surface area contributed by atoms with Crippen molar-refractivity contribution < 1.29 is 18.4 Å². The molecule has 20 heavy (non-hydrogen) atoms. The topological polar surface area (TPSA) is 52.4 Å². The Hall–Kier alpha value is -2.02. The molecule has 0 aliphatic heterocycles. The summed E-state index contributed by atoms with van der Waals surface area (Å²) in [4.78, 5) is 10.1. The molecular formula is C13H8BrF2NO3. The van der Waals surface area contributed by atoms with Gasteiger partial charge in [0.2, 0.25) is 5.82 Å². The monoisotopic (exact) mass is 343 g/mol. The third-order valence-electron chi connectivity index (χ3n) is 2.48. The van der Waals surface area contributed by atoms with Gasteiger partial charge in [-0.2, -0.15) is 4.39 Å². The summed E-state index contributed by atoms with van der Waals surface area (Å²) < 4.78 is 32.1. The summed E-state index contributed by atoms with van der Waals surface area (Å²) in [5, 5.41) is 10.6. The largest absolute Gasteiger partial charge is 0.486 e. The molecule has 0 atom stereocenters. The van der Waals surface area contributed by atoms with Crippen LogP contribution in [0.5, 0.6) is 5.75 Å². The molecule has 0 aliphatic carbocycles. The predicted octanol–water partition coefficient (Wildman–Crippen LogP) is 4.21. The van der Waals surface area contributed by atoms with Crippen LogP contribution in [-0.4, -0.2) is 4.92 Å². The van der Waals surface area contributed by atoms with Crippen LogP contribution >= 0.6 is 15.9 Å². The summed E-state index contributed by atoms with van der Waals surface area (Å²) in [6.07, 6.45) is 0. The van der Waals surface area contributed by atoms with Gasteiger partial charge in [-0.15, -0.1) is 0 Å². The summed E-state index contributed by atoms with van der Waals surface area (Å²) in [6.45, 7) is -0.103. The molecule has 104 valence electrons. The van der Waals surface area contributed by atoms with Crippen LogP contribution in [0.25, 0.3) is 0 Å². The SMILES string of the molecule is O=[N+]([O-])c1cccc(COc2cc(Br)cc(F)c2F)c1. The number of nitro benzene ring substituents is 1. The Kier molecular flexibility index (Phi) is 4.29. The zero-order chi connectivity index (χ0) is 14.7. The first-order valence-corrected chi connectivity index (χ1v) is 6.27. The van der Waals surface area contributed by atoms with E-state index in [9.17, 15) is 18.9 Å². The van der Waals surface area contributed by atoms with Gasteiger partial charge >= 0.3 is 0 Å². The van der Waals surface area contributed by atoms with Crippen molar-refractivity contribution in [1.29, 1.82) is 0 Å². The molecule has 4 nitrogen and oxygen atoms in total. The Bertz CT molecular complexity index is 664. The number of halogens is 3. The molecular weight excluding hydrogens is 336 g/mol. The molecule has 2 rings (SSSR count). The van der Waals surface area contributed by atoms with Crippen LogP contribution < -0.4 is 4.74 Å². The van der Waals surface area contributed by atoms with Gasteiger partial charge in [-0.3, -0.25) is 10.1 Å². The fraction of sp³-hybridized carbons (Fsp3) is 0.0769. The lowest BCUT2D eigenvalue weighted by atomic mass is 10.2. The molecule has 0 saturated carbocycles. The summed E-state index contributed by atoms with van der Waals surface area (Å²) in [6, 6.07) is 8.01. The second kappa shape index (κ2) is 5.96. The van der Waals surface area contributed by atoms with Crippen LogP contribution in [-0.2, 0) is 6.61 Å². The van der Waals surface area contributed by atoms with Gasteiger partial charge in [0.15, 0.2) is 11.6 Å². The minimum Gasteiger partial charge on any atom is -0.486 e. The number of hydrogen-bond acceptors (Lipinski definition) is 3. The number of hydrogen-bond donors (Lipinski definition) is 0. The molecule has 0 fully saturated rings. The van der Waals surface area contributed by atoms with E-state index in [1.165, 1.54) is 24.3 Å². The smallest absolute Gasteiger partial charge is 0.269 e. The van der Waals surface area contributed by atoms with Crippen LogP contribution in [0.4, 0.5) is 14.5 Å². The molecule has 0 aliphatic rings. The van der Waals surface area contributed by atoms with E-state index < -0.39 is 16.6 Å². The molecule has 0 saturated heterocycles. The van der Waals surface area contributed by atoms with Gasteiger partial charge in [-0.25, -0.2) is 4.39 Å². The first kappa shape index (κ1) is 14.4. The fourth-order valence-corrected chi connectivity index (χ4v) is 1.97. The molecule has 0 amide bonds. The second-order valence-corrected chi connectivity index (χ2v) is 4.83. The normalized spacial score (nSPS) is 10.3. The van der Waals surface area contributed by atoms with E-state index in [-0.39, 0.29) is 18.0 Å². The minimum absolute atomic E-state index is 0.0907. The molecule has 0 bridgehead atoms. The van der Waals surface area contributed by atoms with E-state index in [1.54, 1.807) is 6.07 Å². The Balaban J connectivity index is 2.17. The molecule has 2 aromatic carbocycles. The molecule has 0 aromatic heterocycles. The number of rotatable bonds is 4. The first-order valence-electron chi connectivity index (χ1n) is 5.48. The lowest BCUT2D eigenvalue weighted by Crippen LogP contribution is -2.00. The quantitative estimate of drug-likeness (QED) is 0.474. The maximum atomic E-state index is 13.5. The van der Waals surface area contributed by atoms with Gasteiger partial charge in [0, 0.05) is 16.6 Å². The van der Waals surface area contributed by atoms with Gasteiger partial charge in [-0.05, 0) is 17.7 Å². The van der Waals surface area contributed by atoms with Gasteiger partial charge < -0.3 is 4.74 Å². The molecule has 0 spiro atoms. The molecule has 0 radical (unpaired) electrons. The van der Waals surface area contributed by atoms with Crippen molar-refractivity contribution in [2.75, 3.05) is 0 Å². The third kappa shape index (κ3) is 3.30. The van der Waals surface area contributed by atoms with Crippen molar-refractivity contribution in [3.05, 3.63) is 68.2 Å². The van der Waals surface area contributed by atoms with Crippen molar-refractivity contribution in [2.24, 2.45) is 0 Å². The van der Waals surface area contributed by atoms with E-state index >= 15 is 0 Å². The second-order valence-electron chi connectivity index (χ2n) is 3.92.